The second kappa shape index (κ2) is 7.37. The van der Waals surface area contributed by atoms with Gasteiger partial charge in [-0.25, -0.2) is 4.98 Å². The molecule has 6 heteroatoms. The first-order valence-electron chi connectivity index (χ1n) is 10.3. The molecule has 0 radical (unpaired) electrons. The summed E-state index contributed by atoms with van der Waals surface area (Å²) in [5, 5.41) is 0. The van der Waals surface area contributed by atoms with Crippen molar-refractivity contribution in [3.8, 4) is 11.3 Å². The lowest BCUT2D eigenvalue weighted by Crippen LogP contribution is -2.49. The van der Waals surface area contributed by atoms with E-state index in [2.05, 4.69) is 58.0 Å². The summed E-state index contributed by atoms with van der Waals surface area (Å²) in [6.45, 7) is 5.60. The number of nitrogens with zero attached hydrogens (tertiary/aromatic N) is 4. The van der Waals surface area contributed by atoms with E-state index in [1.165, 1.54) is 5.56 Å². The van der Waals surface area contributed by atoms with Crippen molar-refractivity contribution in [1.29, 1.82) is 0 Å². The number of amides is 1. The molecule has 1 N–H and O–H groups in total. The fourth-order valence-corrected chi connectivity index (χ4v) is 3.94. The normalized spacial score (nSPS) is 14.3. The Balaban J connectivity index is 0.00000231. The number of nitrogens with one attached hydrogen (secondary N) is 1. The molecule has 30 heavy (non-hydrogen) atoms. The molecule has 2 aromatic carbocycles. The van der Waals surface area contributed by atoms with Gasteiger partial charge in [-0.15, -0.1) is 0 Å². The van der Waals surface area contributed by atoms with Gasteiger partial charge in [-0.3, -0.25) is 14.8 Å². The van der Waals surface area contributed by atoms with Crippen LogP contribution in [0.4, 0.5) is 0 Å². The average molecular weight is 399 g/mol. The Labute approximate surface area is 176 Å². The largest absolute Gasteiger partial charge is 0.335 e. The zero-order valence-electron chi connectivity index (χ0n) is 17.0. The summed E-state index contributed by atoms with van der Waals surface area (Å²) in [4.78, 5) is 31.5. The molecule has 4 aromatic rings. The highest BCUT2D eigenvalue weighted by molar-refractivity contribution is 5.94. The van der Waals surface area contributed by atoms with Gasteiger partial charge in [-0.05, 0) is 29.7 Å². The fraction of sp³-hybridized carbons (Fsp3) is 0.250. The van der Waals surface area contributed by atoms with Gasteiger partial charge < -0.3 is 9.88 Å². The van der Waals surface area contributed by atoms with E-state index in [9.17, 15) is 4.79 Å². The minimum Gasteiger partial charge on any atom is -0.335 e. The number of carbonyl (C=O) groups is 1. The van der Waals surface area contributed by atoms with Gasteiger partial charge in [0.15, 0.2) is 5.82 Å². The van der Waals surface area contributed by atoms with Gasteiger partial charge in [0.25, 0.3) is 5.91 Å². The number of carbonyl (C=O) groups excluding carboxylic acids is 1. The number of likely N-dealkylation sites (tertiary alicyclic amines) is 1. The molecule has 152 valence electrons. The first-order chi connectivity index (χ1) is 14.6. The maximum Gasteiger partial charge on any atom is 0.289 e. The van der Waals surface area contributed by atoms with Crippen molar-refractivity contribution in [2.45, 2.75) is 25.7 Å². The van der Waals surface area contributed by atoms with E-state index in [1.807, 2.05) is 29.2 Å². The summed E-state index contributed by atoms with van der Waals surface area (Å²) in [5.41, 5.74) is 5.89. The second-order valence-electron chi connectivity index (χ2n) is 8.08. The van der Waals surface area contributed by atoms with Crippen LogP contribution in [-0.4, -0.2) is 43.8 Å². The maximum absolute atomic E-state index is 12.8. The van der Waals surface area contributed by atoms with Crippen LogP contribution >= 0.6 is 0 Å². The van der Waals surface area contributed by atoms with Crippen LogP contribution in [0.15, 0.2) is 60.9 Å². The van der Waals surface area contributed by atoms with E-state index < -0.39 is 0 Å². The topological polar surface area (TPSA) is 74.8 Å². The van der Waals surface area contributed by atoms with Crippen molar-refractivity contribution < 1.29 is 6.22 Å². The molecule has 0 atom stereocenters. The van der Waals surface area contributed by atoms with Crippen LogP contribution in [0.5, 0.6) is 0 Å². The molecule has 1 aliphatic rings. The molecule has 1 amide bonds. The third-order valence-electron chi connectivity index (χ3n) is 5.70. The van der Waals surface area contributed by atoms with Gasteiger partial charge in [0.2, 0.25) is 0 Å². The molecule has 1 aliphatic heterocycles. The number of aromatic nitrogens is 4. The van der Waals surface area contributed by atoms with Gasteiger partial charge in [0, 0.05) is 38.4 Å². The molecular weight excluding hydrogens is 374 g/mol. The summed E-state index contributed by atoms with van der Waals surface area (Å²) in [7, 11) is 0. The zero-order valence-corrected chi connectivity index (χ0v) is 17.0. The highest BCUT2D eigenvalue weighted by Gasteiger charge is 2.36. The number of fused-ring (bicyclic) bond motifs is 1. The first-order valence-corrected chi connectivity index (χ1v) is 10.3. The Bertz CT molecular complexity index is 1200. The minimum absolute atomic E-state index is 0. The van der Waals surface area contributed by atoms with E-state index in [0.717, 1.165) is 28.0 Å². The van der Waals surface area contributed by atoms with Crippen molar-refractivity contribution in [2.75, 3.05) is 13.1 Å². The predicted octanol–water partition coefficient (Wildman–Crippen LogP) is 4.63. The van der Waals surface area contributed by atoms with Crippen molar-refractivity contribution >= 4 is 16.9 Å². The predicted molar refractivity (Wildman–Crippen MR) is 118 cm³/mol. The van der Waals surface area contributed by atoms with E-state index >= 15 is 0 Å². The molecular formula is C24H25N5O. The molecule has 0 spiro atoms. The average Bonchev–Trinajstić information content (AvgIpc) is 3.17. The van der Waals surface area contributed by atoms with Gasteiger partial charge in [0.1, 0.15) is 0 Å². The minimum atomic E-state index is -0.0744. The number of rotatable bonds is 4. The van der Waals surface area contributed by atoms with E-state index in [-0.39, 0.29) is 13.3 Å². The maximum atomic E-state index is 12.8. The van der Waals surface area contributed by atoms with Gasteiger partial charge >= 0.3 is 0 Å². The summed E-state index contributed by atoms with van der Waals surface area (Å²) in [5.74, 6) is 0.934. The number of imidazole rings is 1. The Morgan fingerprint density at radius 1 is 1.10 bits per heavy atom. The first kappa shape index (κ1) is 18.5. The van der Waals surface area contributed by atoms with Gasteiger partial charge in [0.05, 0.1) is 22.4 Å². The number of hydrogen-bond acceptors (Lipinski definition) is 4. The van der Waals surface area contributed by atoms with Crippen LogP contribution in [0.1, 0.15) is 49.0 Å². The van der Waals surface area contributed by atoms with Crippen LogP contribution in [0.3, 0.4) is 0 Å². The van der Waals surface area contributed by atoms with Crippen molar-refractivity contribution in [2.24, 2.45) is 0 Å². The second-order valence-corrected chi connectivity index (χ2v) is 8.08. The Morgan fingerprint density at radius 2 is 1.90 bits per heavy atom. The van der Waals surface area contributed by atoms with Gasteiger partial charge in [-0.2, -0.15) is 0 Å². The number of hydrogen-bond donors (Lipinski definition) is 1. The lowest BCUT2D eigenvalue weighted by atomic mass is 9.91. The van der Waals surface area contributed by atoms with E-state index in [4.69, 9.17) is 0 Å². The van der Waals surface area contributed by atoms with Crippen molar-refractivity contribution in [3.05, 3.63) is 78.0 Å². The standard InChI is InChI=1S/C24H23N5O.H2/c1-15(2)16-6-5-7-17(12-16)21-22(26-11-10-25-21)18-13-29(14-18)24(30)23-27-19-8-3-4-9-20(19)28-23;/h3-12,15,18H,13-14H2,1-2H3,(H,27,28);1H. The SMILES string of the molecule is CC(C)c1cccc(-c2nccnc2C2CN(C(=O)c3nc4ccccc4[nH]3)C2)c1.[HH]. The molecule has 0 saturated carbocycles. The van der Waals surface area contributed by atoms with Crippen molar-refractivity contribution in [3.63, 3.8) is 0 Å². The lowest BCUT2D eigenvalue weighted by Gasteiger charge is -2.38. The summed E-state index contributed by atoms with van der Waals surface area (Å²) in [6, 6.07) is 16.2. The highest BCUT2D eigenvalue weighted by Crippen LogP contribution is 2.33. The molecule has 1 saturated heterocycles. The summed E-state index contributed by atoms with van der Waals surface area (Å²) in [6.07, 6.45) is 3.46. The number of para-hydroxylation sites is 2. The lowest BCUT2D eigenvalue weighted by molar-refractivity contribution is 0.0587. The third kappa shape index (κ3) is 3.24. The molecule has 5 rings (SSSR count). The third-order valence-corrected chi connectivity index (χ3v) is 5.70. The zero-order chi connectivity index (χ0) is 20.7. The number of aromatic amines is 1. The fourth-order valence-electron chi connectivity index (χ4n) is 3.94. The van der Waals surface area contributed by atoms with Gasteiger partial charge in [-0.1, -0.05) is 44.2 Å². The monoisotopic (exact) mass is 399 g/mol. The highest BCUT2D eigenvalue weighted by atomic mass is 16.2. The molecule has 3 heterocycles. The van der Waals surface area contributed by atoms with Crippen LogP contribution in [-0.2, 0) is 0 Å². The van der Waals surface area contributed by atoms with Crippen LogP contribution in [0, 0.1) is 0 Å². The molecule has 1 fully saturated rings. The van der Waals surface area contributed by atoms with Crippen LogP contribution < -0.4 is 0 Å². The van der Waals surface area contributed by atoms with Crippen LogP contribution in [0.25, 0.3) is 22.3 Å². The molecule has 6 nitrogen and oxygen atoms in total. The van der Waals surface area contributed by atoms with E-state index in [1.54, 1.807) is 12.4 Å². The summed E-state index contributed by atoms with van der Waals surface area (Å²) >= 11 is 0. The van der Waals surface area contributed by atoms with Crippen LogP contribution in [0.2, 0.25) is 0 Å². The quantitative estimate of drug-likeness (QED) is 0.543. The Hall–Kier alpha value is -3.54. The number of benzene rings is 2. The molecule has 2 aromatic heterocycles. The molecule has 0 aliphatic carbocycles. The summed E-state index contributed by atoms with van der Waals surface area (Å²) < 4.78 is 0. The van der Waals surface area contributed by atoms with Crippen molar-refractivity contribution in [1.82, 2.24) is 24.8 Å². The number of H-pyrrole nitrogens is 1. The Morgan fingerprint density at radius 3 is 2.70 bits per heavy atom. The Kier molecular flexibility index (Phi) is 4.54. The van der Waals surface area contributed by atoms with E-state index in [0.29, 0.717) is 24.8 Å². The molecule has 0 unspecified atom stereocenters. The smallest absolute Gasteiger partial charge is 0.289 e. The molecule has 0 bridgehead atoms.